The summed E-state index contributed by atoms with van der Waals surface area (Å²) in [5.74, 6) is -0.160. The predicted molar refractivity (Wildman–Crippen MR) is 65.0 cm³/mol. The molecule has 0 amide bonds. The van der Waals surface area contributed by atoms with Crippen LogP contribution in [0.5, 0.6) is 0 Å². The summed E-state index contributed by atoms with van der Waals surface area (Å²) in [5.41, 5.74) is 4.83. The molecule has 0 radical (unpaired) electrons. The normalized spacial score (nSPS) is 19.6. The number of carbonyl (C=O) groups excluding carboxylic acids is 1. The second kappa shape index (κ2) is 4.74. The monoisotopic (exact) mass is 227 g/mol. The lowest BCUT2D eigenvalue weighted by Crippen LogP contribution is -2.53. The molecule has 0 heterocycles. The van der Waals surface area contributed by atoms with Gasteiger partial charge in [0.15, 0.2) is 0 Å². The first-order valence-electron chi connectivity index (χ1n) is 6.25. The van der Waals surface area contributed by atoms with Gasteiger partial charge in [0.2, 0.25) is 0 Å². The smallest absolute Gasteiger partial charge is 0.313 e. The Bertz CT molecular complexity index is 247. The van der Waals surface area contributed by atoms with Crippen molar-refractivity contribution in [1.82, 2.24) is 0 Å². The fraction of sp³-hybridized carbons (Fsp3) is 0.923. The van der Waals surface area contributed by atoms with Gasteiger partial charge in [-0.2, -0.15) is 0 Å². The summed E-state index contributed by atoms with van der Waals surface area (Å²) in [7, 11) is 0. The van der Waals surface area contributed by atoms with E-state index in [2.05, 4.69) is 0 Å². The molecule has 3 nitrogen and oxygen atoms in total. The Hall–Kier alpha value is -0.570. The molecular weight excluding hydrogens is 202 g/mol. The van der Waals surface area contributed by atoms with Crippen LogP contribution in [-0.4, -0.2) is 17.6 Å². The van der Waals surface area contributed by atoms with Gasteiger partial charge in [0, 0.05) is 5.54 Å². The molecule has 0 aromatic rings. The molecule has 3 heteroatoms. The summed E-state index contributed by atoms with van der Waals surface area (Å²) in [5, 5.41) is 0. The zero-order valence-corrected chi connectivity index (χ0v) is 11.0. The number of rotatable bonds is 3. The van der Waals surface area contributed by atoms with Crippen LogP contribution in [-0.2, 0) is 9.53 Å². The molecule has 0 bridgehead atoms. The number of esters is 1. The van der Waals surface area contributed by atoms with Crippen LogP contribution in [0.3, 0.4) is 0 Å². The Morgan fingerprint density at radius 2 is 1.62 bits per heavy atom. The van der Waals surface area contributed by atoms with Crippen molar-refractivity contribution in [2.45, 2.75) is 71.4 Å². The molecule has 0 aromatic carbocycles. The molecule has 0 aromatic heterocycles. The van der Waals surface area contributed by atoms with Crippen LogP contribution >= 0.6 is 0 Å². The standard InChI is InChI=1S/C13H25NO2/c1-12(2,13(3,4)14)11(15)16-10-8-6-5-7-9-10/h10H,5-9,14H2,1-4H3. The van der Waals surface area contributed by atoms with Crippen LogP contribution < -0.4 is 5.73 Å². The van der Waals surface area contributed by atoms with Gasteiger partial charge in [-0.25, -0.2) is 0 Å². The lowest BCUT2D eigenvalue weighted by molar-refractivity contribution is -0.164. The van der Waals surface area contributed by atoms with E-state index in [-0.39, 0.29) is 12.1 Å². The summed E-state index contributed by atoms with van der Waals surface area (Å²) < 4.78 is 5.56. The van der Waals surface area contributed by atoms with E-state index < -0.39 is 11.0 Å². The number of ether oxygens (including phenoxy) is 1. The van der Waals surface area contributed by atoms with E-state index in [1.807, 2.05) is 27.7 Å². The largest absolute Gasteiger partial charge is 0.462 e. The molecule has 0 saturated heterocycles. The summed E-state index contributed by atoms with van der Waals surface area (Å²) in [6, 6.07) is 0. The molecule has 1 rings (SSSR count). The van der Waals surface area contributed by atoms with E-state index >= 15 is 0 Å². The Morgan fingerprint density at radius 1 is 1.12 bits per heavy atom. The van der Waals surface area contributed by atoms with Gasteiger partial charge >= 0.3 is 5.97 Å². The van der Waals surface area contributed by atoms with Crippen LogP contribution in [0, 0.1) is 5.41 Å². The maximum atomic E-state index is 12.1. The first-order valence-corrected chi connectivity index (χ1v) is 6.25. The molecule has 1 fully saturated rings. The van der Waals surface area contributed by atoms with E-state index in [1.165, 1.54) is 19.3 Å². The van der Waals surface area contributed by atoms with Gasteiger partial charge in [-0.1, -0.05) is 6.42 Å². The summed E-state index contributed by atoms with van der Waals surface area (Å²) in [4.78, 5) is 12.1. The topological polar surface area (TPSA) is 52.3 Å². The van der Waals surface area contributed by atoms with Crippen LogP contribution in [0.15, 0.2) is 0 Å². The van der Waals surface area contributed by atoms with Gasteiger partial charge in [-0.15, -0.1) is 0 Å². The highest BCUT2D eigenvalue weighted by atomic mass is 16.5. The maximum Gasteiger partial charge on any atom is 0.313 e. The lowest BCUT2D eigenvalue weighted by atomic mass is 9.75. The van der Waals surface area contributed by atoms with Gasteiger partial charge in [0.05, 0.1) is 5.41 Å². The second-order valence-electron chi connectivity index (χ2n) is 6.01. The Balaban J connectivity index is 2.57. The van der Waals surface area contributed by atoms with Crippen molar-refractivity contribution in [3.63, 3.8) is 0 Å². The predicted octanol–water partition coefficient (Wildman–Crippen LogP) is 2.63. The number of hydrogen-bond donors (Lipinski definition) is 1. The maximum absolute atomic E-state index is 12.1. The minimum absolute atomic E-state index is 0.114. The highest BCUT2D eigenvalue weighted by Crippen LogP contribution is 2.31. The Morgan fingerprint density at radius 3 is 2.06 bits per heavy atom. The minimum atomic E-state index is -0.634. The molecule has 0 aliphatic heterocycles. The van der Waals surface area contributed by atoms with E-state index in [0.717, 1.165) is 12.8 Å². The first kappa shape index (κ1) is 13.5. The zero-order valence-electron chi connectivity index (χ0n) is 11.0. The van der Waals surface area contributed by atoms with E-state index in [0.29, 0.717) is 0 Å². The third-order valence-electron chi connectivity index (χ3n) is 3.95. The first-order chi connectivity index (χ1) is 7.25. The van der Waals surface area contributed by atoms with Crippen molar-refractivity contribution < 1.29 is 9.53 Å². The van der Waals surface area contributed by atoms with Crippen LogP contribution in [0.25, 0.3) is 0 Å². The van der Waals surface area contributed by atoms with Gasteiger partial charge in [-0.05, 0) is 53.4 Å². The fourth-order valence-electron chi connectivity index (χ4n) is 1.74. The molecule has 2 N–H and O–H groups in total. The molecule has 0 spiro atoms. The van der Waals surface area contributed by atoms with Gasteiger partial charge in [0.25, 0.3) is 0 Å². The molecule has 16 heavy (non-hydrogen) atoms. The van der Waals surface area contributed by atoms with E-state index in [1.54, 1.807) is 0 Å². The second-order valence-corrected chi connectivity index (χ2v) is 6.01. The molecule has 94 valence electrons. The van der Waals surface area contributed by atoms with Crippen molar-refractivity contribution in [1.29, 1.82) is 0 Å². The van der Waals surface area contributed by atoms with E-state index in [9.17, 15) is 4.79 Å². The molecular formula is C13H25NO2. The Kier molecular flexibility index (Phi) is 4.00. The highest BCUT2D eigenvalue weighted by molar-refractivity contribution is 5.77. The van der Waals surface area contributed by atoms with E-state index in [4.69, 9.17) is 10.5 Å². The van der Waals surface area contributed by atoms with Crippen molar-refractivity contribution >= 4 is 5.97 Å². The third kappa shape index (κ3) is 2.97. The summed E-state index contributed by atoms with van der Waals surface area (Å²) in [6.45, 7) is 7.46. The van der Waals surface area contributed by atoms with Crippen molar-refractivity contribution in [2.75, 3.05) is 0 Å². The molecule has 1 aliphatic carbocycles. The summed E-state index contributed by atoms with van der Waals surface area (Å²) >= 11 is 0. The average molecular weight is 227 g/mol. The van der Waals surface area contributed by atoms with Crippen LogP contribution in [0.4, 0.5) is 0 Å². The molecule has 1 aliphatic rings. The lowest BCUT2D eigenvalue weighted by Gasteiger charge is -2.37. The molecule has 1 saturated carbocycles. The van der Waals surface area contributed by atoms with Crippen LogP contribution in [0.2, 0.25) is 0 Å². The number of hydrogen-bond acceptors (Lipinski definition) is 3. The van der Waals surface area contributed by atoms with Crippen LogP contribution in [0.1, 0.15) is 59.8 Å². The van der Waals surface area contributed by atoms with Gasteiger partial charge < -0.3 is 10.5 Å². The molecule has 0 atom stereocenters. The van der Waals surface area contributed by atoms with Gasteiger partial charge in [-0.3, -0.25) is 4.79 Å². The SMILES string of the molecule is CC(C)(N)C(C)(C)C(=O)OC1CCCCC1. The Labute approximate surface area is 98.7 Å². The van der Waals surface area contributed by atoms with Gasteiger partial charge in [0.1, 0.15) is 6.10 Å². The van der Waals surface area contributed by atoms with Crippen molar-refractivity contribution in [3.8, 4) is 0 Å². The number of carbonyl (C=O) groups is 1. The summed E-state index contributed by atoms with van der Waals surface area (Å²) in [6.07, 6.45) is 5.73. The minimum Gasteiger partial charge on any atom is -0.462 e. The van der Waals surface area contributed by atoms with Crippen molar-refractivity contribution in [2.24, 2.45) is 11.1 Å². The zero-order chi connectivity index (χ0) is 12.4. The quantitative estimate of drug-likeness (QED) is 0.754. The fourth-order valence-corrected chi connectivity index (χ4v) is 1.74. The van der Waals surface area contributed by atoms with Crippen molar-refractivity contribution in [3.05, 3.63) is 0 Å². The third-order valence-corrected chi connectivity index (χ3v) is 3.95. The highest BCUT2D eigenvalue weighted by Gasteiger charge is 2.42. The molecule has 0 unspecified atom stereocenters. The number of nitrogens with two attached hydrogens (primary N) is 1. The average Bonchev–Trinajstić information content (AvgIpc) is 2.17.